The highest BCUT2D eigenvalue weighted by molar-refractivity contribution is 8.01. The van der Waals surface area contributed by atoms with Crippen molar-refractivity contribution in [1.29, 1.82) is 0 Å². The Morgan fingerprint density at radius 2 is 1.97 bits per heavy atom. The van der Waals surface area contributed by atoms with Crippen LogP contribution in [0.2, 0.25) is 0 Å². The number of carbonyl (C=O) groups is 2. The van der Waals surface area contributed by atoms with Crippen LogP contribution < -0.4 is 5.32 Å². The van der Waals surface area contributed by atoms with Crippen molar-refractivity contribution in [3.63, 3.8) is 0 Å². The van der Waals surface area contributed by atoms with Crippen LogP contribution in [0.1, 0.15) is 31.4 Å². The number of likely N-dealkylation sites (tertiary alicyclic amines) is 1. The first kappa shape index (κ1) is 21.9. The maximum Gasteiger partial charge on any atom is 0.247 e. The number of hydrogen-bond acceptors (Lipinski definition) is 6. The zero-order chi connectivity index (χ0) is 22.0. The maximum absolute atomic E-state index is 12.9. The minimum Gasteiger partial charge on any atom is -0.468 e. The van der Waals surface area contributed by atoms with E-state index in [0.29, 0.717) is 29.4 Å². The Kier molecular flexibility index (Phi) is 6.40. The maximum atomic E-state index is 12.9. The number of nitrogens with zero attached hydrogens (tertiary/aromatic N) is 2. The van der Waals surface area contributed by atoms with Gasteiger partial charge in [-0.25, -0.2) is 8.42 Å². The Labute approximate surface area is 186 Å². The first-order chi connectivity index (χ1) is 14.9. The number of carbonyl (C=O) groups excluding carboxylic acids is 2. The van der Waals surface area contributed by atoms with E-state index in [1.54, 1.807) is 23.1 Å². The van der Waals surface area contributed by atoms with Crippen molar-refractivity contribution in [2.75, 3.05) is 25.5 Å². The second-order valence-electron chi connectivity index (χ2n) is 7.73. The Balaban J connectivity index is 1.51. The van der Waals surface area contributed by atoms with Gasteiger partial charge in [-0.1, -0.05) is 12.8 Å². The SMILES string of the molecule is CN(Cc1ccco1)S(=O)(=O)c1ccc2c(c1)NC(=O)C(C(=O)N1CCCCCC1)S2. The highest BCUT2D eigenvalue weighted by atomic mass is 32.2. The fraction of sp³-hybridized carbons (Fsp3) is 0.429. The Morgan fingerprint density at radius 3 is 2.65 bits per heavy atom. The minimum absolute atomic E-state index is 0.0681. The summed E-state index contributed by atoms with van der Waals surface area (Å²) in [6.45, 7) is 1.45. The number of hydrogen-bond donors (Lipinski definition) is 1. The van der Waals surface area contributed by atoms with E-state index >= 15 is 0 Å². The molecular formula is C21H25N3O5S2. The van der Waals surface area contributed by atoms with Gasteiger partial charge >= 0.3 is 0 Å². The van der Waals surface area contributed by atoms with Gasteiger partial charge in [0, 0.05) is 25.0 Å². The van der Waals surface area contributed by atoms with E-state index in [9.17, 15) is 18.0 Å². The summed E-state index contributed by atoms with van der Waals surface area (Å²) >= 11 is 1.18. The monoisotopic (exact) mass is 463 g/mol. The molecule has 8 nitrogen and oxygen atoms in total. The quantitative estimate of drug-likeness (QED) is 0.685. The molecule has 2 aromatic rings. The molecular weight excluding hydrogens is 438 g/mol. The molecule has 1 aromatic heterocycles. The third kappa shape index (κ3) is 4.65. The average molecular weight is 464 g/mol. The van der Waals surface area contributed by atoms with E-state index in [2.05, 4.69) is 5.32 Å². The average Bonchev–Trinajstić information content (AvgIpc) is 3.11. The molecule has 3 heterocycles. The van der Waals surface area contributed by atoms with E-state index in [4.69, 9.17) is 4.42 Å². The molecule has 166 valence electrons. The highest BCUT2D eigenvalue weighted by Gasteiger charge is 2.36. The van der Waals surface area contributed by atoms with Crippen LogP contribution in [0, 0.1) is 0 Å². The van der Waals surface area contributed by atoms with E-state index in [-0.39, 0.29) is 17.3 Å². The molecule has 2 aliphatic heterocycles. The number of amides is 2. The molecule has 0 saturated carbocycles. The molecule has 0 spiro atoms. The summed E-state index contributed by atoms with van der Waals surface area (Å²) in [4.78, 5) is 28.1. The predicted octanol–water partition coefficient (Wildman–Crippen LogP) is 2.92. The number of fused-ring (bicyclic) bond motifs is 1. The lowest BCUT2D eigenvalue weighted by Gasteiger charge is -2.29. The van der Waals surface area contributed by atoms with Crippen LogP contribution in [0.15, 0.2) is 50.8 Å². The summed E-state index contributed by atoms with van der Waals surface area (Å²) in [6, 6.07) is 8.00. The molecule has 31 heavy (non-hydrogen) atoms. The normalized spacial score (nSPS) is 19.6. The number of sulfonamides is 1. The number of nitrogens with one attached hydrogen (secondary N) is 1. The van der Waals surface area contributed by atoms with Crippen LogP contribution in [-0.2, 0) is 26.2 Å². The van der Waals surface area contributed by atoms with Gasteiger partial charge in [0.1, 0.15) is 5.76 Å². The number of benzene rings is 1. The van der Waals surface area contributed by atoms with Gasteiger partial charge in [-0.3, -0.25) is 9.59 Å². The van der Waals surface area contributed by atoms with Crippen LogP contribution in [0.5, 0.6) is 0 Å². The van der Waals surface area contributed by atoms with Crippen LogP contribution in [-0.4, -0.2) is 54.8 Å². The number of thioether (sulfide) groups is 1. The van der Waals surface area contributed by atoms with Crippen LogP contribution in [0.25, 0.3) is 0 Å². The van der Waals surface area contributed by atoms with Crippen molar-refractivity contribution in [1.82, 2.24) is 9.21 Å². The van der Waals surface area contributed by atoms with E-state index in [0.717, 1.165) is 25.7 Å². The molecule has 2 amide bonds. The Morgan fingerprint density at radius 1 is 1.23 bits per heavy atom. The molecule has 1 unspecified atom stereocenters. The molecule has 1 saturated heterocycles. The van der Waals surface area contributed by atoms with E-state index in [1.807, 2.05) is 0 Å². The van der Waals surface area contributed by atoms with E-state index < -0.39 is 21.2 Å². The fourth-order valence-electron chi connectivity index (χ4n) is 3.76. The molecule has 1 aromatic carbocycles. The zero-order valence-corrected chi connectivity index (χ0v) is 18.9. The third-order valence-corrected chi connectivity index (χ3v) is 8.56. The predicted molar refractivity (Wildman–Crippen MR) is 117 cm³/mol. The summed E-state index contributed by atoms with van der Waals surface area (Å²) in [5.41, 5.74) is 0.405. The molecule has 10 heteroatoms. The summed E-state index contributed by atoms with van der Waals surface area (Å²) in [5.74, 6) is -0.0575. The highest BCUT2D eigenvalue weighted by Crippen LogP contribution is 2.38. The number of anilines is 1. The van der Waals surface area contributed by atoms with Crippen molar-refractivity contribution < 1.29 is 22.4 Å². The molecule has 0 radical (unpaired) electrons. The minimum atomic E-state index is -3.78. The van der Waals surface area contributed by atoms with Crippen molar-refractivity contribution in [2.24, 2.45) is 0 Å². The van der Waals surface area contributed by atoms with Gasteiger partial charge in [-0.05, 0) is 43.2 Å². The first-order valence-electron chi connectivity index (χ1n) is 10.3. The van der Waals surface area contributed by atoms with Crippen LogP contribution in [0.3, 0.4) is 0 Å². The Bertz CT molecular complexity index is 1060. The smallest absolute Gasteiger partial charge is 0.247 e. The Hall–Kier alpha value is -2.30. The fourth-order valence-corrected chi connectivity index (χ4v) is 5.97. The standard InChI is InChI=1S/C21H25N3O5S2/c1-23(14-15-7-6-12-29-15)31(27,28)16-8-9-18-17(13-16)22-20(25)19(30-18)21(26)24-10-4-2-3-5-11-24/h6-9,12-13,19H,2-5,10-11,14H2,1H3,(H,22,25). The molecule has 4 rings (SSSR count). The molecule has 1 atom stereocenters. The van der Waals surface area contributed by atoms with Crippen molar-refractivity contribution >= 4 is 39.3 Å². The third-order valence-electron chi connectivity index (χ3n) is 5.50. The number of furan rings is 1. The zero-order valence-electron chi connectivity index (χ0n) is 17.2. The summed E-state index contributed by atoms with van der Waals surface area (Å²) < 4.78 is 32.3. The second-order valence-corrected chi connectivity index (χ2v) is 10.9. The molecule has 1 fully saturated rings. The molecule has 2 aliphatic rings. The van der Waals surface area contributed by atoms with Gasteiger partial charge in [-0.15, -0.1) is 11.8 Å². The lowest BCUT2D eigenvalue weighted by molar-refractivity contribution is -0.133. The van der Waals surface area contributed by atoms with Crippen molar-refractivity contribution in [2.45, 2.75) is 47.3 Å². The van der Waals surface area contributed by atoms with Gasteiger partial charge in [0.2, 0.25) is 21.8 Å². The van der Waals surface area contributed by atoms with Gasteiger partial charge in [0.15, 0.2) is 5.25 Å². The van der Waals surface area contributed by atoms with Crippen molar-refractivity contribution in [3.8, 4) is 0 Å². The topological polar surface area (TPSA) is 99.9 Å². The summed E-state index contributed by atoms with van der Waals surface area (Å²) in [6.07, 6.45) is 5.59. The molecule has 0 bridgehead atoms. The summed E-state index contributed by atoms with van der Waals surface area (Å²) in [7, 11) is -2.31. The van der Waals surface area contributed by atoms with Crippen molar-refractivity contribution in [3.05, 3.63) is 42.4 Å². The van der Waals surface area contributed by atoms with Crippen LogP contribution in [0.4, 0.5) is 5.69 Å². The largest absolute Gasteiger partial charge is 0.468 e. The van der Waals surface area contributed by atoms with Gasteiger partial charge in [-0.2, -0.15) is 4.31 Å². The second kappa shape index (κ2) is 9.05. The first-order valence-corrected chi connectivity index (χ1v) is 12.6. The summed E-state index contributed by atoms with van der Waals surface area (Å²) in [5, 5.41) is 1.88. The lowest BCUT2D eigenvalue weighted by Crippen LogP contribution is -2.45. The number of rotatable bonds is 5. The van der Waals surface area contributed by atoms with E-state index in [1.165, 1.54) is 41.5 Å². The lowest BCUT2D eigenvalue weighted by atomic mass is 10.2. The van der Waals surface area contributed by atoms with Gasteiger partial charge in [0.05, 0.1) is 23.4 Å². The molecule has 1 N–H and O–H groups in total. The van der Waals surface area contributed by atoms with Gasteiger partial charge < -0.3 is 14.6 Å². The van der Waals surface area contributed by atoms with Gasteiger partial charge in [0.25, 0.3) is 0 Å². The molecule has 0 aliphatic carbocycles. The van der Waals surface area contributed by atoms with Crippen LogP contribution >= 0.6 is 11.8 Å².